The molecule has 8 nitrogen and oxygen atoms in total. The third-order valence-corrected chi connectivity index (χ3v) is 16.7. The van der Waals surface area contributed by atoms with Crippen LogP contribution in [-0.2, 0) is 14.3 Å². The number of fused-ring (bicyclic) bond motifs is 7. The number of esters is 1. The van der Waals surface area contributed by atoms with E-state index in [0.29, 0.717) is 49.9 Å². The van der Waals surface area contributed by atoms with Crippen molar-refractivity contribution in [3.05, 3.63) is 53.6 Å². The summed E-state index contributed by atoms with van der Waals surface area (Å²) in [6, 6.07) is 8.04. The van der Waals surface area contributed by atoms with Gasteiger partial charge in [0.25, 0.3) is 0 Å². The zero-order valence-corrected chi connectivity index (χ0v) is 38.3. The molecule has 1 aromatic rings. The Balaban J connectivity index is 1.28. The lowest BCUT2D eigenvalue weighted by Crippen LogP contribution is -2.66. The second-order valence-electron chi connectivity index (χ2n) is 22.8. The quantitative estimate of drug-likeness (QED) is 0.196. The second kappa shape index (κ2) is 15.1. The fourth-order valence-corrected chi connectivity index (χ4v) is 13.9. The molecule has 1 amide bonds. The predicted molar refractivity (Wildman–Crippen MR) is 232 cm³/mol. The molecule has 9 unspecified atom stereocenters. The van der Waals surface area contributed by atoms with Crippen molar-refractivity contribution < 1.29 is 29.0 Å². The van der Waals surface area contributed by atoms with Crippen LogP contribution in [0.15, 0.2) is 42.5 Å². The number of carboxylic acid groups (broad SMARTS) is 1. The zero-order chi connectivity index (χ0) is 43.0. The fraction of sp³-hybridized carbons (Fsp3) is 0.740. The molecule has 58 heavy (non-hydrogen) atoms. The minimum atomic E-state index is -0.758. The molecular weight excluding hydrogens is 725 g/mol. The summed E-state index contributed by atoms with van der Waals surface area (Å²) >= 11 is 0. The number of hydrogen-bond acceptors (Lipinski definition) is 6. The summed E-state index contributed by atoms with van der Waals surface area (Å²) in [6.45, 7) is 30.2. The molecule has 0 aliphatic heterocycles. The van der Waals surface area contributed by atoms with E-state index in [9.17, 15) is 19.5 Å². The third kappa shape index (κ3) is 7.59. The average molecular weight is 801 g/mol. The van der Waals surface area contributed by atoms with Gasteiger partial charge in [0.15, 0.2) is 0 Å². The van der Waals surface area contributed by atoms with Gasteiger partial charge in [-0.2, -0.15) is 0 Å². The lowest BCUT2D eigenvalue weighted by Gasteiger charge is -2.72. The van der Waals surface area contributed by atoms with Crippen molar-refractivity contribution in [3.8, 4) is 0 Å². The van der Waals surface area contributed by atoms with E-state index in [-0.39, 0.29) is 51.5 Å². The number of hydrogen-bond donors (Lipinski definition) is 1. The van der Waals surface area contributed by atoms with E-state index >= 15 is 0 Å². The Labute approximate surface area is 350 Å². The molecule has 0 spiro atoms. The number of aliphatic carboxylic acids is 1. The maximum absolute atomic E-state index is 13.6. The summed E-state index contributed by atoms with van der Waals surface area (Å²) in [7, 11) is 4.01. The van der Waals surface area contributed by atoms with Gasteiger partial charge in [0, 0.05) is 19.6 Å². The standard InChI is InChI=1S/C50H76N2O6/c1-32(31-52(30-29-51(13)14)43(56)58-45(5,6)7)35-21-26-50(42(54)55)28-27-48(11)37(40(35)50)19-20-39-47(10)24-22-36(46(8,9)38(47)23-25-49(39,48)12)33-15-17-34(18-16-33)41(53)57-44(2,3)4/h15-18,22,35,37-40H,1,19-21,23-31H2,2-14H3,(H,54,55). The van der Waals surface area contributed by atoms with Gasteiger partial charge in [-0.1, -0.05) is 65.0 Å². The molecule has 0 aromatic heterocycles. The summed E-state index contributed by atoms with van der Waals surface area (Å²) in [5.41, 5.74) is 2.28. The molecule has 322 valence electrons. The summed E-state index contributed by atoms with van der Waals surface area (Å²) in [4.78, 5) is 43.8. The Hall–Kier alpha value is -3.13. The van der Waals surface area contributed by atoms with Crippen LogP contribution in [0.3, 0.4) is 0 Å². The van der Waals surface area contributed by atoms with Gasteiger partial charge in [-0.05, 0) is 188 Å². The Morgan fingerprint density at radius 1 is 0.793 bits per heavy atom. The van der Waals surface area contributed by atoms with E-state index in [0.717, 1.165) is 50.5 Å². The number of nitrogens with zero attached hydrogens (tertiary/aromatic N) is 2. The molecule has 9 atom stereocenters. The van der Waals surface area contributed by atoms with Crippen LogP contribution < -0.4 is 0 Å². The van der Waals surface area contributed by atoms with E-state index in [1.54, 1.807) is 4.90 Å². The van der Waals surface area contributed by atoms with Crippen LogP contribution >= 0.6 is 0 Å². The largest absolute Gasteiger partial charge is 0.481 e. The molecule has 0 heterocycles. The molecular formula is C50H76N2O6. The minimum absolute atomic E-state index is 0.00756. The lowest BCUT2D eigenvalue weighted by atomic mass is 9.32. The first kappa shape index (κ1) is 44.4. The number of carboxylic acids is 1. The minimum Gasteiger partial charge on any atom is -0.481 e. The van der Waals surface area contributed by atoms with Gasteiger partial charge >= 0.3 is 18.0 Å². The van der Waals surface area contributed by atoms with Gasteiger partial charge in [0.1, 0.15) is 11.2 Å². The normalized spacial score (nSPS) is 35.4. The van der Waals surface area contributed by atoms with Crippen molar-refractivity contribution in [1.29, 1.82) is 0 Å². The highest BCUT2D eigenvalue weighted by atomic mass is 16.6. The van der Waals surface area contributed by atoms with Gasteiger partial charge in [0.05, 0.1) is 11.0 Å². The summed E-state index contributed by atoms with van der Waals surface area (Å²) < 4.78 is 11.5. The van der Waals surface area contributed by atoms with Crippen molar-refractivity contribution in [1.82, 2.24) is 9.80 Å². The summed E-state index contributed by atoms with van der Waals surface area (Å²) in [6.07, 6.45) is 10.7. The highest BCUT2D eigenvalue weighted by molar-refractivity contribution is 5.90. The van der Waals surface area contributed by atoms with E-state index in [2.05, 4.69) is 64.3 Å². The van der Waals surface area contributed by atoms with Crippen molar-refractivity contribution in [2.75, 3.05) is 33.7 Å². The van der Waals surface area contributed by atoms with Crippen LogP contribution in [0.1, 0.15) is 150 Å². The molecule has 8 heteroatoms. The molecule has 6 rings (SSSR count). The number of carbonyl (C=O) groups excluding carboxylic acids is 2. The summed E-state index contributed by atoms with van der Waals surface area (Å²) in [5, 5.41) is 11.1. The molecule has 0 radical (unpaired) electrons. The Morgan fingerprint density at radius 2 is 1.43 bits per heavy atom. The maximum atomic E-state index is 13.6. The zero-order valence-electron chi connectivity index (χ0n) is 38.3. The molecule has 1 N–H and O–H groups in total. The van der Waals surface area contributed by atoms with Crippen LogP contribution in [0, 0.1) is 56.7 Å². The predicted octanol–water partition coefficient (Wildman–Crippen LogP) is 11.2. The van der Waals surface area contributed by atoms with E-state index in [1.807, 2.05) is 67.8 Å². The number of amides is 1. The van der Waals surface area contributed by atoms with Gasteiger partial charge in [-0.25, -0.2) is 9.59 Å². The maximum Gasteiger partial charge on any atom is 0.410 e. The number of allylic oxidation sites excluding steroid dienone is 2. The van der Waals surface area contributed by atoms with Gasteiger partial charge in [-0.15, -0.1) is 0 Å². The van der Waals surface area contributed by atoms with Crippen molar-refractivity contribution >= 4 is 23.6 Å². The molecule has 5 aliphatic rings. The van der Waals surface area contributed by atoms with E-state index in [4.69, 9.17) is 9.47 Å². The van der Waals surface area contributed by atoms with E-state index in [1.165, 1.54) is 11.1 Å². The lowest BCUT2D eigenvalue weighted by molar-refractivity contribution is -0.228. The Morgan fingerprint density at radius 3 is 2.02 bits per heavy atom. The number of benzene rings is 1. The van der Waals surface area contributed by atoms with Crippen LogP contribution in [-0.4, -0.2) is 77.9 Å². The van der Waals surface area contributed by atoms with Gasteiger partial charge in [-0.3, -0.25) is 4.79 Å². The van der Waals surface area contributed by atoms with Crippen molar-refractivity contribution in [3.63, 3.8) is 0 Å². The van der Waals surface area contributed by atoms with Crippen LogP contribution in [0.2, 0.25) is 0 Å². The second-order valence-corrected chi connectivity index (χ2v) is 22.8. The summed E-state index contributed by atoms with van der Waals surface area (Å²) in [5.74, 6) is 0.376. The highest BCUT2D eigenvalue weighted by Crippen LogP contribution is 2.77. The molecule has 0 saturated heterocycles. The molecule has 4 saturated carbocycles. The SMILES string of the molecule is C=C(CN(CCN(C)C)C(=O)OC(C)(C)C)C1CCC2(C(=O)O)CCC3(C)C(CCC4C5(C)CC=C(c6ccc(C(=O)OC(C)(C)C)cc6)C(C)(C)C5CCC43C)C12. The average Bonchev–Trinajstić information content (AvgIpc) is 3.50. The third-order valence-electron chi connectivity index (χ3n) is 16.7. The molecule has 4 fully saturated rings. The first-order chi connectivity index (χ1) is 26.7. The molecule has 0 bridgehead atoms. The number of rotatable bonds is 9. The topological polar surface area (TPSA) is 96.4 Å². The van der Waals surface area contributed by atoms with Crippen LogP contribution in [0.5, 0.6) is 0 Å². The first-order valence-corrected chi connectivity index (χ1v) is 22.3. The molecule has 1 aromatic carbocycles. The number of ether oxygens (including phenoxy) is 2. The van der Waals surface area contributed by atoms with E-state index < -0.39 is 22.6 Å². The fourth-order valence-electron chi connectivity index (χ4n) is 13.9. The highest BCUT2D eigenvalue weighted by Gasteiger charge is 2.71. The number of carbonyl (C=O) groups is 3. The van der Waals surface area contributed by atoms with Crippen LogP contribution in [0.4, 0.5) is 4.79 Å². The monoisotopic (exact) mass is 801 g/mol. The van der Waals surface area contributed by atoms with Crippen molar-refractivity contribution in [2.45, 2.75) is 145 Å². The first-order valence-electron chi connectivity index (χ1n) is 22.3. The van der Waals surface area contributed by atoms with Gasteiger partial charge < -0.3 is 24.4 Å². The van der Waals surface area contributed by atoms with Gasteiger partial charge in [0.2, 0.25) is 0 Å². The smallest absolute Gasteiger partial charge is 0.410 e. The van der Waals surface area contributed by atoms with Crippen molar-refractivity contribution in [2.24, 2.45) is 56.7 Å². The number of likely N-dealkylation sites (N-methyl/N-ethyl adjacent to an activating group) is 1. The Bertz CT molecular complexity index is 1800. The van der Waals surface area contributed by atoms with Crippen LogP contribution in [0.25, 0.3) is 5.57 Å². The molecule has 5 aliphatic carbocycles. The Kier molecular flexibility index (Phi) is 11.6.